The number of hydrogen-bond donors (Lipinski definition) is 1. The lowest BCUT2D eigenvalue weighted by molar-refractivity contribution is -0.756. The van der Waals surface area contributed by atoms with Crippen LogP contribution in [0.3, 0.4) is 0 Å². The van der Waals surface area contributed by atoms with Crippen LogP contribution in [0, 0.1) is 0 Å². The average molecular weight is 197 g/mol. The Morgan fingerprint density at radius 2 is 1.85 bits per heavy atom. The van der Waals surface area contributed by atoms with E-state index >= 15 is 0 Å². The highest BCUT2D eigenvalue weighted by Gasteiger charge is 1.91. The molecule has 0 saturated heterocycles. The maximum Gasteiger partial charge on any atom is 0.207 e. The van der Waals surface area contributed by atoms with Crippen LogP contribution in [0.1, 0.15) is 6.92 Å². The molecule has 13 heavy (non-hydrogen) atoms. The number of carbonyl (C=O) groups is 1. The highest BCUT2D eigenvalue weighted by Crippen LogP contribution is 1.85. The third-order valence-electron chi connectivity index (χ3n) is 0.710. The molecule has 1 amide bonds. The lowest BCUT2D eigenvalue weighted by Gasteiger charge is -1.99. The van der Waals surface area contributed by atoms with E-state index in [1.807, 2.05) is 0 Å². The summed E-state index contributed by atoms with van der Waals surface area (Å²) < 4.78 is 0. The van der Waals surface area contributed by atoms with Crippen molar-refractivity contribution in [3.63, 3.8) is 0 Å². The molecule has 0 fully saturated rings. The lowest BCUT2D eigenvalue weighted by Crippen LogP contribution is -2.17. The lowest BCUT2D eigenvalue weighted by atomic mass is 10.7. The summed E-state index contributed by atoms with van der Waals surface area (Å²) in [6, 6.07) is 0. The van der Waals surface area contributed by atoms with Gasteiger partial charge in [-0.1, -0.05) is 0 Å². The molecule has 0 atom stereocenters. The van der Waals surface area contributed by atoms with Crippen LogP contribution in [0.5, 0.6) is 0 Å². The quantitative estimate of drug-likeness (QED) is 0.217. The van der Waals surface area contributed by atoms with Crippen LogP contribution < -0.4 is 5.32 Å². The van der Waals surface area contributed by atoms with E-state index < -0.39 is 0 Å². The van der Waals surface area contributed by atoms with E-state index in [1.54, 1.807) is 6.92 Å². The molecule has 8 nitrogen and oxygen atoms in total. The molecule has 1 N–H and O–H groups in total. The Labute approximate surface area is 74.2 Å². The van der Waals surface area contributed by atoms with Gasteiger partial charge in [-0.15, -0.1) is 0 Å². The van der Waals surface area contributed by atoms with E-state index in [2.05, 4.69) is 35.2 Å². The van der Waals surface area contributed by atoms with Gasteiger partial charge in [0.1, 0.15) is 6.61 Å². The number of hydrogen-bond acceptors (Lipinski definition) is 7. The standard InChI is InChI=1S/C5H11NO7/c1-2-8-10-12-13-11-9-4-3-6-5-7/h5H,2-4H2,1H3,(H,6,7). The van der Waals surface area contributed by atoms with Crippen molar-refractivity contribution in [3.05, 3.63) is 0 Å². The van der Waals surface area contributed by atoms with Crippen LogP contribution in [0.4, 0.5) is 0 Å². The molecule has 0 aliphatic rings. The van der Waals surface area contributed by atoms with Gasteiger partial charge in [0.15, 0.2) is 0 Å². The van der Waals surface area contributed by atoms with Crippen LogP contribution in [-0.2, 0) is 34.7 Å². The van der Waals surface area contributed by atoms with E-state index in [0.717, 1.165) is 0 Å². The minimum Gasteiger partial charge on any atom is -0.356 e. The van der Waals surface area contributed by atoms with Gasteiger partial charge in [-0.2, -0.15) is 0 Å². The van der Waals surface area contributed by atoms with E-state index in [0.29, 0.717) is 19.6 Å². The number of amides is 1. The molecule has 0 rings (SSSR count). The minimum absolute atomic E-state index is 0.108. The smallest absolute Gasteiger partial charge is 0.207 e. The third kappa shape index (κ3) is 11.2. The largest absolute Gasteiger partial charge is 0.356 e. The molecule has 0 radical (unpaired) electrons. The molecule has 0 aliphatic carbocycles. The topological polar surface area (TPSA) is 84.5 Å². The number of rotatable bonds is 10. The normalized spacial score (nSPS) is 9.92. The maximum absolute atomic E-state index is 9.71. The fourth-order valence-electron chi connectivity index (χ4n) is 0.304. The maximum atomic E-state index is 9.71. The zero-order valence-corrected chi connectivity index (χ0v) is 7.06. The van der Waals surface area contributed by atoms with Gasteiger partial charge in [0.2, 0.25) is 6.41 Å². The second-order valence-corrected chi connectivity index (χ2v) is 1.57. The fourth-order valence-corrected chi connectivity index (χ4v) is 0.304. The van der Waals surface area contributed by atoms with Crippen molar-refractivity contribution in [2.75, 3.05) is 19.8 Å². The first-order chi connectivity index (χ1) is 6.41. The highest BCUT2D eigenvalue weighted by atomic mass is 17.8. The van der Waals surface area contributed by atoms with Crippen molar-refractivity contribution >= 4 is 6.41 Å². The van der Waals surface area contributed by atoms with Gasteiger partial charge in [-0.25, -0.2) is 9.78 Å². The van der Waals surface area contributed by atoms with Crippen molar-refractivity contribution in [3.8, 4) is 0 Å². The van der Waals surface area contributed by atoms with Crippen LogP contribution in [0.2, 0.25) is 0 Å². The predicted molar refractivity (Wildman–Crippen MR) is 36.0 cm³/mol. The Hall–Kier alpha value is -0.770. The summed E-state index contributed by atoms with van der Waals surface area (Å²) in [6.45, 7) is 2.38. The summed E-state index contributed by atoms with van der Waals surface area (Å²) in [5, 5.41) is 17.8. The molecule has 8 heteroatoms. The SMILES string of the molecule is CCOOOOOOCCNC=O. The second-order valence-electron chi connectivity index (χ2n) is 1.57. The molecule has 0 aromatic rings. The molecule has 0 aromatic carbocycles. The van der Waals surface area contributed by atoms with Crippen molar-refractivity contribution in [2.45, 2.75) is 6.92 Å². The summed E-state index contributed by atoms with van der Waals surface area (Å²) in [6.07, 6.45) is 0.527. The number of nitrogens with one attached hydrogen (secondary N) is 1. The van der Waals surface area contributed by atoms with Gasteiger partial charge in [-0.3, -0.25) is 4.79 Å². The first-order valence-electron chi connectivity index (χ1n) is 3.50. The number of carbonyl (C=O) groups excluding carboxylic acids is 1. The molecule has 0 spiro atoms. The molecule has 0 aromatic heterocycles. The Morgan fingerprint density at radius 3 is 2.46 bits per heavy atom. The van der Waals surface area contributed by atoms with Gasteiger partial charge < -0.3 is 5.32 Å². The molecule has 0 aliphatic heterocycles. The Balaban J connectivity index is 2.79. The molecule has 0 heterocycles. The van der Waals surface area contributed by atoms with Crippen LogP contribution in [0.15, 0.2) is 0 Å². The molecular formula is C5H11NO7. The predicted octanol–water partition coefficient (Wildman–Crippen LogP) is -0.573. The first-order valence-corrected chi connectivity index (χ1v) is 3.50. The van der Waals surface area contributed by atoms with Gasteiger partial charge in [0, 0.05) is 6.54 Å². The summed E-state index contributed by atoms with van der Waals surface area (Å²) in [7, 11) is 0. The molecular weight excluding hydrogens is 186 g/mol. The molecule has 0 unspecified atom stereocenters. The minimum atomic E-state index is 0.108. The zero-order chi connectivity index (χ0) is 9.78. The van der Waals surface area contributed by atoms with Gasteiger partial charge in [-0.05, 0) is 27.1 Å². The van der Waals surface area contributed by atoms with Crippen molar-refractivity contribution in [1.29, 1.82) is 0 Å². The van der Waals surface area contributed by atoms with Crippen LogP contribution in [0.25, 0.3) is 0 Å². The summed E-state index contributed by atoms with van der Waals surface area (Å²) in [4.78, 5) is 18.3. The van der Waals surface area contributed by atoms with Gasteiger partial charge in [0.05, 0.1) is 6.61 Å². The monoisotopic (exact) mass is 197 g/mol. The second kappa shape index (κ2) is 11.2. The average Bonchev–Trinajstić information content (AvgIpc) is 2.16. The Bertz CT molecular complexity index is 111. The molecule has 0 saturated carbocycles. The highest BCUT2D eigenvalue weighted by molar-refractivity contribution is 5.45. The Kier molecular flexibility index (Phi) is 10.6. The summed E-state index contributed by atoms with van der Waals surface area (Å²) in [5.74, 6) is 0. The summed E-state index contributed by atoms with van der Waals surface area (Å²) >= 11 is 0. The third-order valence-corrected chi connectivity index (χ3v) is 0.710. The zero-order valence-electron chi connectivity index (χ0n) is 7.06. The fraction of sp³-hybridized carbons (Fsp3) is 0.800. The van der Waals surface area contributed by atoms with Crippen LogP contribution >= 0.6 is 0 Å². The molecule has 0 bridgehead atoms. The van der Waals surface area contributed by atoms with Gasteiger partial charge >= 0.3 is 0 Å². The van der Waals surface area contributed by atoms with Crippen molar-refractivity contribution in [2.24, 2.45) is 0 Å². The van der Waals surface area contributed by atoms with E-state index in [1.165, 1.54) is 0 Å². The van der Waals surface area contributed by atoms with E-state index in [4.69, 9.17) is 0 Å². The van der Waals surface area contributed by atoms with Crippen molar-refractivity contribution < 1.29 is 34.7 Å². The summed E-state index contributed by atoms with van der Waals surface area (Å²) in [5.41, 5.74) is 0. The van der Waals surface area contributed by atoms with E-state index in [-0.39, 0.29) is 6.61 Å². The van der Waals surface area contributed by atoms with E-state index in [9.17, 15) is 4.79 Å². The first kappa shape index (κ1) is 12.2. The van der Waals surface area contributed by atoms with Gasteiger partial charge in [0.25, 0.3) is 0 Å². The Morgan fingerprint density at radius 1 is 1.15 bits per heavy atom. The van der Waals surface area contributed by atoms with Crippen LogP contribution in [-0.4, -0.2) is 26.2 Å². The van der Waals surface area contributed by atoms with Crippen molar-refractivity contribution in [1.82, 2.24) is 5.32 Å². The molecule has 78 valence electrons.